The second kappa shape index (κ2) is 8.23. The van der Waals surface area contributed by atoms with Gasteiger partial charge in [-0.3, -0.25) is 4.98 Å². The molecule has 0 bridgehead atoms. The van der Waals surface area contributed by atoms with E-state index >= 15 is 0 Å². The van der Waals surface area contributed by atoms with Crippen molar-refractivity contribution < 1.29 is 0 Å². The fourth-order valence-electron chi connectivity index (χ4n) is 1.58. The van der Waals surface area contributed by atoms with Crippen LogP contribution in [-0.4, -0.2) is 37.1 Å². The molecule has 0 saturated heterocycles. The predicted octanol–water partition coefficient (Wildman–Crippen LogP) is 3.09. The Kier molecular flexibility index (Phi) is 6.86. The van der Waals surface area contributed by atoms with E-state index in [-0.39, 0.29) is 0 Å². The van der Waals surface area contributed by atoms with E-state index in [0.717, 1.165) is 25.2 Å². The molecule has 0 saturated carbocycles. The molecular formula is C13H23N3S. The second-order valence-electron chi connectivity index (χ2n) is 4.13. The Labute approximate surface area is 109 Å². The van der Waals surface area contributed by atoms with Crippen molar-refractivity contribution in [2.24, 2.45) is 0 Å². The van der Waals surface area contributed by atoms with E-state index in [0.29, 0.717) is 0 Å². The summed E-state index contributed by atoms with van der Waals surface area (Å²) >= 11 is 1.90. The zero-order valence-electron chi connectivity index (χ0n) is 11.1. The molecule has 0 aliphatic rings. The summed E-state index contributed by atoms with van der Waals surface area (Å²) in [6.45, 7) is 4.25. The number of hydrogen-bond acceptors (Lipinski definition) is 4. The second-order valence-corrected chi connectivity index (χ2v) is 5.11. The summed E-state index contributed by atoms with van der Waals surface area (Å²) < 4.78 is 0. The molecule has 1 N–H and O–H groups in total. The fraction of sp³-hybridized carbons (Fsp3) is 0.615. The maximum absolute atomic E-state index is 4.28. The van der Waals surface area contributed by atoms with Gasteiger partial charge in [0.05, 0.1) is 23.8 Å². The molecule has 0 unspecified atom stereocenters. The van der Waals surface area contributed by atoms with Gasteiger partial charge in [-0.1, -0.05) is 6.92 Å². The summed E-state index contributed by atoms with van der Waals surface area (Å²) in [6, 6.07) is 2.17. The highest BCUT2D eigenvalue weighted by Crippen LogP contribution is 2.16. The molecule has 1 aromatic heterocycles. The standard InChI is InChI=1S/C13H23N3S/c1-4-6-15-12-9-13(11-14-10-12)16(2)7-5-8-17-3/h9-11,15H,4-8H2,1-3H3. The molecule has 0 aliphatic carbocycles. The summed E-state index contributed by atoms with van der Waals surface area (Å²) in [5.41, 5.74) is 2.30. The van der Waals surface area contributed by atoms with Crippen LogP contribution in [0.3, 0.4) is 0 Å². The lowest BCUT2D eigenvalue weighted by atomic mass is 10.3. The molecule has 3 nitrogen and oxygen atoms in total. The predicted molar refractivity (Wildman–Crippen MR) is 79.3 cm³/mol. The molecule has 0 atom stereocenters. The minimum absolute atomic E-state index is 1.00. The molecule has 1 aromatic rings. The van der Waals surface area contributed by atoms with E-state index < -0.39 is 0 Å². The Morgan fingerprint density at radius 2 is 2.24 bits per heavy atom. The molecule has 0 aliphatic heterocycles. The first-order chi connectivity index (χ1) is 8.27. The van der Waals surface area contributed by atoms with Gasteiger partial charge in [0, 0.05) is 20.1 Å². The molecule has 96 valence electrons. The molecule has 1 rings (SSSR count). The van der Waals surface area contributed by atoms with Crippen molar-refractivity contribution in [3.8, 4) is 0 Å². The number of hydrogen-bond donors (Lipinski definition) is 1. The quantitative estimate of drug-likeness (QED) is 0.721. The van der Waals surface area contributed by atoms with Crippen molar-refractivity contribution in [3.63, 3.8) is 0 Å². The number of pyridine rings is 1. The van der Waals surface area contributed by atoms with E-state index in [1.807, 2.05) is 24.2 Å². The van der Waals surface area contributed by atoms with Crippen LogP contribution in [0.4, 0.5) is 11.4 Å². The van der Waals surface area contributed by atoms with Crippen LogP contribution in [0.15, 0.2) is 18.5 Å². The summed E-state index contributed by atoms with van der Waals surface area (Å²) in [6.07, 6.45) is 8.31. The van der Waals surface area contributed by atoms with Gasteiger partial charge in [-0.05, 0) is 30.9 Å². The van der Waals surface area contributed by atoms with Crippen molar-refractivity contribution in [3.05, 3.63) is 18.5 Å². The van der Waals surface area contributed by atoms with Gasteiger partial charge in [0.1, 0.15) is 0 Å². The first-order valence-electron chi connectivity index (χ1n) is 6.17. The molecular weight excluding hydrogens is 230 g/mol. The molecule has 1 heterocycles. The fourth-order valence-corrected chi connectivity index (χ4v) is 2.00. The average Bonchev–Trinajstić information content (AvgIpc) is 2.37. The van der Waals surface area contributed by atoms with E-state index in [2.05, 4.69) is 41.5 Å². The van der Waals surface area contributed by atoms with Crippen molar-refractivity contribution in [2.75, 3.05) is 42.4 Å². The van der Waals surface area contributed by atoms with Crippen molar-refractivity contribution >= 4 is 23.1 Å². The summed E-state index contributed by atoms with van der Waals surface area (Å²) in [5.74, 6) is 1.21. The Bertz CT molecular complexity index is 317. The number of nitrogens with one attached hydrogen (secondary N) is 1. The van der Waals surface area contributed by atoms with Gasteiger partial charge in [0.25, 0.3) is 0 Å². The lowest BCUT2D eigenvalue weighted by Crippen LogP contribution is -2.19. The topological polar surface area (TPSA) is 28.2 Å². The Morgan fingerprint density at radius 3 is 2.94 bits per heavy atom. The van der Waals surface area contributed by atoms with Gasteiger partial charge in [-0.25, -0.2) is 0 Å². The average molecular weight is 253 g/mol. The number of thioether (sulfide) groups is 1. The molecule has 0 fully saturated rings. The van der Waals surface area contributed by atoms with Crippen molar-refractivity contribution in [1.29, 1.82) is 0 Å². The SMILES string of the molecule is CCCNc1cncc(N(C)CCCSC)c1. The van der Waals surface area contributed by atoms with Gasteiger partial charge in [0.2, 0.25) is 0 Å². The van der Waals surface area contributed by atoms with Crippen LogP contribution >= 0.6 is 11.8 Å². The lowest BCUT2D eigenvalue weighted by molar-refractivity contribution is 0.857. The molecule has 17 heavy (non-hydrogen) atoms. The maximum Gasteiger partial charge on any atom is 0.0570 e. The molecule has 0 aromatic carbocycles. The Morgan fingerprint density at radius 1 is 1.41 bits per heavy atom. The number of rotatable bonds is 8. The highest BCUT2D eigenvalue weighted by atomic mass is 32.2. The summed E-state index contributed by atoms with van der Waals surface area (Å²) in [7, 11) is 2.13. The summed E-state index contributed by atoms with van der Waals surface area (Å²) in [5, 5.41) is 3.36. The summed E-state index contributed by atoms with van der Waals surface area (Å²) in [4.78, 5) is 6.54. The lowest BCUT2D eigenvalue weighted by Gasteiger charge is -2.19. The highest BCUT2D eigenvalue weighted by Gasteiger charge is 2.02. The van der Waals surface area contributed by atoms with Crippen LogP contribution in [0.2, 0.25) is 0 Å². The first kappa shape index (κ1) is 14.2. The highest BCUT2D eigenvalue weighted by molar-refractivity contribution is 7.98. The number of aromatic nitrogens is 1. The van der Waals surface area contributed by atoms with Gasteiger partial charge < -0.3 is 10.2 Å². The van der Waals surface area contributed by atoms with Crippen LogP contribution in [0.1, 0.15) is 19.8 Å². The first-order valence-corrected chi connectivity index (χ1v) is 7.56. The molecule has 4 heteroatoms. The van der Waals surface area contributed by atoms with Gasteiger partial charge >= 0.3 is 0 Å². The van der Waals surface area contributed by atoms with Gasteiger partial charge in [0.15, 0.2) is 0 Å². The number of nitrogens with zero attached hydrogens (tertiary/aromatic N) is 2. The smallest absolute Gasteiger partial charge is 0.0570 e. The largest absolute Gasteiger partial charge is 0.384 e. The maximum atomic E-state index is 4.28. The van der Waals surface area contributed by atoms with Gasteiger partial charge in [-0.15, -0.1) is 0 Å². The van der Waals surface area contributed by atoms with E-state index in [1.165, 1.54) is 17.9 Å². The van der Waals surface area contributed by atoms with Crippen LogP contribution in [0.5, 0.6) is 0 Å². The molecule has 0 spiro atoms. The van der Waals surface area contributed by atoms with Gasteiger partial charge in [-0.2, -0.15) is 11.8 Å². The third kappa shape index (κ3) is 5.31. The van der Waals surface area contributed by atoms with E-state index in [9.17, 15) is 0 Å². The Hall–Kier alpha value is -0.900. The third-order valence-electron chi connectivity index (χ3n) is 2.59. The van der Waals surface area contributed by atoms with E-state index in [1.54, 1.807) is 0 Å². The van der Waals surface area contributed by atoms with Crippen LogP contribution in [0.25, 0.3) is 0 Å². The van der Waals surface area contributed by atoms with Crippen LogP contribution < -0.4 is 10.2 Å². The van der Waals surface area contributed by atoms with Crippen molar-refractivity contribution in [1.82, 2.24) is 4.98 Å². The zero-order chi connectivity index (χ0) is 12.5. The third-order valence-corrected chi connectivity index (χ3v) is 3.28. The number of anilines is 2. The zero-order valence-corrected chi connectivity index (χ0v) is 11.9. The van der Waals surface area contributed by atoms with E-state index in [4.69, 9.17) is 0 Å². The monoisotopic (exact) mass is 253 g/mol. The molecule has 0 amide bonds. The van der Waals surface area contributed by atoms with Crippen LogP contribution in [-0.2, 0) is 0 Å². The van der Waals surface area contributed by atoms with Crippen LogP contribution in [0, 0.1) is 0 Å². The van der Waals surface area contributed by atoms with Crippen molar-refractivity contribution in [2.45, 2.75) is 19.8 Å². The normalized spacial score (nSPS) is 10.3. The Balaban J connectivity index is 2.51. The molecule has 0 radical (unpaired) electrons. The minimum Gasteiger partial charge on any atom is -0.384 e. The minimum atomic E-state index is 1.00.